The molecule has 0 aromatic carbocycles. The summed E-state index contributed by atoms with van der Waals surface area (Å²) in [5, 5.41) is 0. The Morgan fingerprint density at radius 1 is 1.86 bits per heavy atom. The lowest BCUT2D eigenvalue weighted by molar-refractivity contribution is 1.81. The van der Waals surface area contributed by atoms with Gasteiger partial charge in [-0.05, 0) is 6.92 Å². The second-order valence-electron chi connectivity index (χ2n) is 0.670. The maximum atomic E-state index is 4.46. The highest BCUT2D eigenvalue weighted by Crippen LogP contribution is 1.80. The average Bonchev–Trinajstić information content (AvgIpc) is 1.35. The third-order valence-electron chi connectivity index (χ3n) is 0.240. The number of hydrogen-bond donors (Lipinski definition) is 1. The maximum Gasteiger partial charge on any atom is 0.316 e. The van der Waals surface area contributed by atoms with Crippen molar-refractivity contribution in [1.82, 2.24) is 0 Å². The Kier molecular flexibility index (Phi) is 10.6. The Hall–Kier alpha value is 0.876. The van der Waals surface area contributed by atoms with Gasteiger partial charge in [-0.15, -0.1) is 12.6 Å². The summed E-state index contributed by atoms with van der Waals surface area (Å²) in [6.45, 7) is 1.79. The van der Waals surface area contributed by atoms with Gasteiger partial charge in [0.05, 0.1) is 0 Å². The molecule has 0 saturated carbocycles. The minimum atomic E-state index is 0. The SMILES string of the molecule is CC=NC(=S)S.[MgH2]. The normalized spacial score (nSPS) is 8.29. The van der Waals surface area contributed by atoms with E-state index in [2.05, 4.69) is 29.8 Å². The molecule has 0 aromatic rings. The highest BCUT2D eigenvalue weighted by atomic mass is 32.1. The molecule has 0 atom stereocenters. The number of aliphatic imine (C=N–C) groups is 1. The number of nitrogens with zero attached hydrogens (tertiary/aromatic N) is 1. The minimum absolute atomic E-state index is 0. The Morgan fingerprint density at radius 2 is 2.29 bits per heavy atom. The molecule has 38 valence electrons. The van der Waals surface area contributed by atoms with Gasteiger partial charge in [0.1, 0.15) is 0 Å². The second-order valence-corrected chi connectivity index (χ2v) is 1.78. The Morgan fingerprint density at radius 3 is 2.29 bits per heavy atom. The van der Waals surface area contributed by atoms with E-state index in [9.17, 15) is 0 Å². The first kappa shape index (κ1) is 10.8. The predicted molar refractivity (Wildman–Crippen MR) is 44.3 cm³/mol. The number of thiocarbonyl (C=S) groups is 1. The van der Waals surface area contributed by atoms with Gasteiger partial charge in [0, 0.05) is 6.21 Å². The Bertz CT molecular complexity index is 81.0. The molecule has 0 radical (unpaired) electrons. The summed E-state index contributed by atoms with van der Waals surface area (Å²) in [6.07, 6.45) is 1.61. The Labute approximate surface area is 70.1 Å². The number of rotatable bonds is 0. The molecular weight excluding hydrogens is 138 g/mol. The average molecular weight is 146 g/mol. The zero-order chi connectivity index (χ0) is 4.99. The predicted octanol–water partition coefficient (Wildman–Crippen LogP) is 0.376. The fraction of sp³-hybridized carbons (Fsp3) is 0.333. The number of thiol groups is 1. The van der Waals surface area contributed by atoms with Gasteiger partial charge in [-0.1, -0.05) is 12.2 Å². The van der Waals surface area contributed by atoms with E-state index in [4.69, 9.17) is 0 Å². The van der Waals surface area contributed by atoms with E-state index in [-0.39, 0.29) is 23.1 Å². The first-order valence-corrected chi connectivity index (χ1v) is 2.34. The van der Waals surface area contributed by atoms with Crippen molar-refractivity contribution in [2.24, 2.45) is 4.99 Å². The van der Waals surface area contributed by atoms with Crippen molar-refractivity contribution < 1.29 is 0 Å². The Balaban J connectivity index is 0. The second kappa shape index (κ2) is 6.88. The number of hydrogen-bond acceptors (Lipinski definition) is 1. The molecule has 0 heterocycles. The van der Waals surface area contributed by atoms with Gasteiger partial charge < -0.3 is 0 Å². The van der Waals surface area contributed by atoms with Crippen molar-refractivity contribution in [2.45, 2.75) is 6.92 Å². The highest BCUT2D eigenvalue weighted by Gasteiger charge is 1.68. The van der Waals surface area contributed by atoms with Crippen molar-refractivity contribution >= 4 is 58.4 Å². The van der Waals surface area contributed by atoms with Gasteiger partial charge in [0.15, 0.2) is 4.32 Å². The van der Waals surface area contributed by atoms with Crippen LogP contribution in [0.15, 0.2) is 4.99 Å². The fourth-order valence-corrected chi connectivity index (χ4v) is 0.331. The van der Waals surface area contributed by atoms with E-state index < -0.39 is 0 Å². The van der Waals surface area contributed by atoms with Crippen molar-refractivity contribution in [3.05, 3.63) is 0 Å². The van der Waals surface area contributed by atoms with E-state index in [1.54, 1.807) is 13.1 Å². The molecular formula is C3H7MgNS2. The summed E-state index contributed by atoms with van der Waals surface area (Å²) in [7, 11) is 0. The van der Waals surface area contributed by atoms with Crippen LogP contribution in [0, 0.1) is 0 Å². The summed E-state index contributed by atoms with van der Waals surface area (Å²) in [4.78, 5) is 3.60. The van der Waals surface area contributed by atoms with Crippen LogP contribution < -0.4 is 0 Å². The fourth-order valence-electron chi connectivity index (χ4n) is 0.110. The van der Waals surface area contributed by atoms with Crippen LogP contribution in [-0.4, -0.2) is 33.6 Å². The lowest BCUT2D eigenvalue weighted by Gasteiger charge is -1.72. The van der Waals surface area contributed by atoms with Crippen LogP contribution in [0.1, 0.15) is 6.92 Å². The van der Waals surface area contributed by atoms with Crippen molar-refractivity contribution in [3.63, 3.8) is 0 Å². The summed E-state index contributed by atoms with van der Waals surface area (Å²) >= 11 is 8.17. The topological polar surface area (TPSA) is 12.4 Å². The van der Waals surface area contributed by atoms with Crippen molar-refractivity contribution in [1.29, 1.82) is 0 Å². The molecule has 0 amide bonds. The van der Waals surface area contributed by atoms with Gasteiger partial charge in [0.2, 0.25) is 0 Å². The maximum absolute atomic E-state index is 4.46. The summed E-state index contributed by atoms with van der Waals surface area (Å²) in [6, 6.07) is 0. The van der Waals surface area contributed by atoms with Gasteiger partial charge in [-0.3, -0.25) is 0 Å². The summed E-state index contributed by atoms with van der Waals surface area (Å²) < 4.78 is 0.387. The highest BCUT2D eigenvalue weighted by molar-refractivity contribution is 8.11. The molecule has 1 nitrogen and oxygen atoms in total. The molecule has 0 saturated heterocycles. The molecule has 0 aliphatic rings. The first-order chi connectivity index (χ1) is 2.77. The minimum Gasteiger partial charge on any atom is -0.243 e. The lowest BCUT2D eigenvalue weighted by Crippen LogP contribution is -1.69. The van der Waals surface area contributed by atoms with Crippen LogP contribution in [0.3, 0.4) is 0 Å². The molecule has 0 N–H and O–H groups in total. The zero-order valence-corrected chi connectivity index (χ0v) is 5.09. The zero-order valence-electron chi connectivity index (χ0n) is 3.38. The molecule has 7 heavy (non-hydrogen) atoms. The van der Waals surface area contributed by atoms with Gasteiger partial charge in [0.25, 0.3) is 0 Å². The third-order valence-corrected chi connectivity index (χ3v) is 0.460. The first-order valence-electron chi connectivity index (χ1n) is 1.49. The molecule has 0 unspecified atom stereocenters. The van der Waals surface area contributed by atoms with Crippen LogP contribution in [-0.2, 0) is 0 Å². The largest absolute Gasteiger partial charge is 0.316 e. The summed E-state index contributed by atoms with van der Waals surface area (Å²) in [5.41, 5.74) is 0. The molecule has 0 aliphatic carbocycles. The van der Waals surface area contributed by atoms with Crippen LogP contribution in [0.25, 0.3) is 0 Å². The molecule has 0 fully saturated rings. The van der Waals surface area contributed by atoms with Crippen LogP contribution in [0.4, 0.5) is 0 Å². The van der Waals surface area contributed by atoms with Crippen LogP contribution >= 0.6 is 24.8 Å². The van der Waals surface area contributed by atoms with E-state index >= 15 is 0 Å². The van der Waals surface area contributed by atoms with E-state index in [0.717, 1.165) is 0 Å². The smallest absolute Gasteiger partial charge is 0.243 e. The van der Waals surface area contributed by atoms with Gasteiger partial charge in [-0.2, -0.15) is 0 Å². The molecule has 0 rings (SSSR count). The molecule has 4 heteroatoms. The van der Waals surface area contributed by atoms with Crippen molar-refractivity contribution in [3.8, 4) is 0 Å². The quantitative estimate of drug-likeness (QED) is 0.225. The monoisotopic (exact) mass is 145 g/mol. The van der Waals surface area contributed by atoms with Gasteiger partial charge >= 0.3 is 23.1 Å². The lowest BCUT2D eigenvalue weighted by atomic mass is 10.9. The van der Waals surface area contributed by atoms with E-state index in [1.165, 1.54) is 0 Å². The van der Waals surface area contributed by atoms with Crippen LogP contribution in [0.5, 0.6) is 0 Å². The van der Waals surface area contributed by atoms with E-state index in [1.807, 2.05) is 0 Å². The van der Waals surface area contributed by atoms with Gasteiger partial charge in [-0.25, -0.2) is 4.99 Å². The third kappa shape index (κ3) is 10.9. The molecule has 0 spiro atoms. The standard InChI is InChI=1S/C3H5NS2.Mg.2H/c1-2-4-3(5)6;;;/h2H,1H3,(H,5,6);;;. The molecule has 0 aliphatic heterocycles. The van der Waals surface area contributed by atoms with Crippen molar-refractivity contribution in [2.75, 3.05) is 0 Å². The molecule has 0 aromatic heterocycles. The summed E-state index contributed by atoms with van der Waals surface area (Å²) in [5.74, 6) is 0. The van der Waals surface area contributed by atoms with Crippen LogP contribution in [0.2, 0.25) is 0 Å². The van der Waals surface area contributed by atoms with E-state index in [0.29, 0.717) is 4.32 Å². The molecule has 0 bridgehead atoms.